The van der Waals surface area contributed by atoms with E-state index in [2.05, 4.69) is 22.6 Å². The molecule has 1 aliphatic heterocycles. The van der Waals surface area contributed by atoms with Gasteiger partial charge in [0.2, 0.25) is 0 Å². The van der Waals surface area contributed by atoms with Crippen LogP contribution in [0.15, 0.2) is 6.20 Å². The molecule has 0 aromatic carbocycles. The molecule has 0 spiro atoms. The van der Waals surface area contributed by atoms with Gasteiger partial charge in [0, 0.05) is 32.9 Å². The highest BCUT2D eigenvalue weighted by molar-refractivity contribution is 4.91. The summed E-state index contributed by atoms with van der Waals surface area (Å²) in [5, 5.41) is 11.4. The Morgan fingerprint density at radius 2 is 2.50 bits per heavy atom. The number of ether oxygens (including phenoxy) is 1. The van der Waals surface area contributed by atoms with Gasteiger partial charge in [0.05, 0.1) is 11.8 Å². The Balaban J connectivity index is 1.71. The molecule has 2 rings (SSSR count). The summed E-state index contributed by atoms with van der Waals surface area (Å²) in [7, 11) is 1.88. The molecule has 0 radical (unpaired) electrons. The standard InChI is InChI=1S/C11H20N4O/c1-3-11-9(4-5-16-11)6-12-7-10-8-15(2)14-13-10/h8-9,11-12H,3-7H2,1-2H3. The van der Waals surface area contributed by atoms with E-state index in [1.54, 1.807) is 4.68 Å². The minimum atomic E-state index is 0.439. The van der Waals surface area contributed by atoms with Crippen LogP contribution in [0.4, 0.5) is 0 Å². The normalized spacial score (nSPS) is 25.1. The minimum Gasteiger partial charge on any atom is -0.378 e. The first-order chi connectivity index (χ1) is 7.79. The second-order valence-electron chi connectivity index (χ2n) is 4.38. The van der Waals surface area contributed by atoms with Crippen molar-refractivity contribution in [3.05, 3.63) is 11.9 Å². The molecule has 0 aliphatic carbocycles. The molecule has 5 heteroatoms. The molecule has 0 bridgehead atoms. The van der Waals surface area contributed by atoms with E-state index in [1.165, 1.54) is 6.42 Å². The highest BCUT2D eigenvalue weighted by atomic mass is 16.5. The Kier molecular flexibility index (Phi) is 3.90. The Morgan fingerprint density at radius 1 is 1.62 bits per heavy atom. The maximum absolute atomic E-state index is 5.65. The number of aryl methyl sites for hydroxylation is 1. The van der Waals surface area contributed by atoms with Crippen molar-refractivity contribution in [2.45, 2.75) is 32.4 Å². The average molecular weight is 224 g/mol. The van der Waals surface area contributed by atoms with E-state index in [4.69, 9.17) is 4.74 Å². The van der Waals surface area contributed by atoms with E-state index in [-0.39, 0.29) is 0 Å². The Labute approximate surface area is 96.2 Å². The number of nitrogens with zero attached hydrogens (tertiary/aromatic N) is 3. The van der Waals surface area contributed by atoms with Crippen molar-refractivity contribution in [2.75, 3.05) is 13.2 Å². The molecule has 1 N–H and O–H groups in total. The van der Waals surface area contributed by atoms with Crippen LogP contribution in [-0.4, -0.2) is 34.2 Å². The van der Waals surface area contributed by atoms with Crippen molar-refractivity contribution in [1.29, 1.82) is 0 Å². The van der Waals surface area contributed by atoms with Crippen LogP contribution in [0.5, 0.6) is 0 Å². The average Bonchev–Trinajstić information content (AvgIpc) is 2.87. The van der Waals surface area contributed by atoms with Crippen LogP contribution in [0.3, 0.4) is 0 Å². The topological polar surface area (TPSA) is 52.0 Å². The van der Waals surface area contributed by atoms with Gasteiger partial charge in [0.15, 0.2) is 0 Å². The van der Waals surface area contributed by atoms with Crippen molar-refractivity contribution < 1.29 is 4.74 Å². The summed E-state index contributed by atoms with van der Waals surface area (Å²) in [4.78, 5) is 0. The molecular weight excluding hydrogens is 204 g/mol. The van der Waals surface area contributed by atoms with E-state index in [0.717, 1.165) is 31.8 Å². The minimum absolute atomic E-state index is 0.439. The van der Waals surface area contributed by atoms with Gasteiger partial charge in [-0.05, 0) is 18.8 Å². The molecule has 1 aromatic heterocycles. The third kappa shape index (κ3) is 2.80. The lowest BCUT2D eigenvalue weighted by Crippen LogP contribution is -2.28. The van der Waals surface area contributed by atoms with Gasteiger partial charge in [-0.2, -0.15) is 0 Å². The molecular formula is C11H20N4O. The van der Waals surface area contributed by atoms with Gasteiger partial charge in [-0.25, -0.2) is 0 Å². The third-order valence-corrected chi connectivity index (χ3v) is 3.11. The van der Waals surface area contributed by atoms with Crippen molar-refractivity contribution in [3.63, 3.8) is 0 Å². The van der Waals surface area contributed by atoms with Gasteiger partial charge in [0.25, 0.3) is 0 Å². The summed E-state index contributed by atoms with van der Waals surface area (Å²) in [6.45, 7) is 4.90. The molecule has 90 valence electrons. The van der Waals surface area contributed by atoms with Gasteiger partial charge >= 0.3 is 0 Å². The lowest BCUT2D eigenvalue weighted by Gasteiger charge is -2.16. The Hall–Kier alpha value is -0.940. The number of nitrogens with one attached hydrogen (secondary N) is 1. The first-order valence-corrected chi connectivity index (χ1v) is 5.97. The number of rotatable bonds is 5. The molecule has 1 aliphatic rings. The van der Waals surface area contributed by atoms with Gasteiger partial charge in [-0.3, -0.25) is 4.68 Å². The van der Waals surface area contributed by atoms with E-state index in [0.29, 0.717) is 12.0 Å². The zero-order chi connectivity index (χ0) is 11.4. The van der Waals surface area contributed by atoms with Gasteiger partial charge in [0.1, 0.15) is 0 Å². The van der Waals surface area contributed by atoms with Crippen LogP contribution in [0, 0.1) is 5.92 Å². The summed E-state index contributed by atoms with van der Waals surface area (Å²) in [6, 6.07) is 0. The zero-order valence-electron chi connectivity index (χ0n) is 10.0. The number of hydrogen-bond donors (Lipinski definition) is 1. The van der Waals surface area contributed by atoms with Crippen LogP contribution in [0.25, 0.3) is 0 Å². The highest BCUT2D eigenvalue weighted by Gasteiger charge is 2.25. The van der Waals surface area contributed by atoms with E-state index >= 15 is 0 Å². The fourth-order valence-electron chi connectivity index (χ4n) is 2.24. The van der Waals surface area contributed by atoms with Crippen LogP contribution >= 0.6 is 0 Å². The van der Waals surface area contributed by atoms with Gasteiger partial charge in [-0.15, -0.1) is 5.10 Å². The third-order valence-electron chi connectivity index (χ3n) is 3.11. The van der Waals surface area contributed by atoms with Crippen LogP contribution < -0.4 is 5.32 Å². The van der Waals surface area contributed by atoms with Crippen LogP contribution in [0.2, 0.25) is 0 Å². The van der Waals surface area contributed by atoms with E-state index in [9.17, 15) is 0 Å². The van der Waals surface area contributed by atoms with E-state index in [1.807, 2.05) is 13.2 Å². The maximum Gasteiger partial charge on any atom is 0.0964 e. The predicted molar refractivity (Wildman–Crippen MR) is 60.8 cm³/mol. The van der Waals surface area contributed by atoms with Crippen LogP contribution in [0.1, 0.15) is 25.5 Å². The lowest BCUT2D eigenvalue weighted by atomic mass is 10.00. The smallest absolute Gasteiger partial charge is 0.0964 e. The molecule has 16 heavy (non-hydrogen) atoms. The molecule has 2 unspecified atom stereocenters. The first-order valence-electron chi connectivity index (χ1n) is 5.97. The summed E-state index contributed by atoms with van der Waals surface area (Å²) in [6.07, 6.45) is 4.66. The monoisotopic (exact) mass is 224 g/mol. The van der Waals surface area contributed by atoms with Crippen LogP contribution in [-0.2, 0) is 18.3 Å². The second-order valence-corrected chi connectivity index (χ2v) is 4.38. The molecule has 1 aromatic rings. The maximum atomic E-state index is 5.65. The fraction of sp³-hybridized carbons (Fsp3) is 0.818. The summed E-state index contributed by atoms with van der Waals surface area (Å²) < 4.78 is 7.38. The van der Waals surface area contributed by atoms with Gasteiger partial charge in [-0.1, -0.05) is 12.1 Å². The highest BCUT2D eigenvalue weighted by Crippen LogP contribution is 2.22. The number of hydrogen-bond acceptors (Lipinski definition) is 4. The van der Waals surface area contributed by atoms with Crippen molar-refractivity contribution >= 4 is 0 Å². The zero-order valence-corrected chi connectivity index (χ0v) is 10.0. The molecule has 1 fully saturated rings. The molecule has 0 saturated carbocycles. The first kappa shape index (κ1) is 11.5. The van der Waals surface area contributed by atoms with Crippen molar-refractivity contribution in [1.82, 2.24) is 20.3 Å². The summed E-state index contributed by atoms with van der Waals surface area (Å²) in [5.74, 6) is 0.654. The molecule has 0 amide bonds. The Morgan fingerprint density at radius 3 is 3.19 bits per heavy atom. The quantitative estimate of drug-likeness (QED) is 0.800. The summed E-state index contributed by atoms with van der Waals surface area (Å²) >= 11 is 0. The van der Waals surface area contributed by atoms with E-state index < -0.39 is 0 Å². The fourth-order valence-corrected chi connectivity index (χ4v) is 2.24. The largest absolute Gasteiger partial charge is 0.378 e. The van der Waals surface area contributed by atoms with Gasteiger partial charge < -0.3 is 10.1 Å². The SMILES string of the molecule is CCC1OCCC1CNCc1cn(C)nn1. The lowest BCUT2D eigenvalue weighted by molar-refractivity contribution is 0.0872. The van der Waals surface area contributed by atoms with Crippen molar-refractivity contribution in [2.24, 2.45) is 13.0 Å². The summed E-state index contributed by atoms with van der Waals surface area (Å²) in [5.41, 5.74) is 0.995. The Bertz CT molecular complexity index is 326. The van der Waals surface area contributed by atoms with Crippen molar-refractivity contribution in [3.8, 4) is 0 Å². The number of aromatic nitrogens is 3. The molecule has 2 atom stereocenters. The predicted octanol–water partition coefficient (Wildman–Crippen LogP) is 0.720. The second kappa shape index (κ2) is 5.41. The molecule has 2 heterocycles. The molecule has 1 saturated heterocycles. The molecule has 5 nitrogen and oxygen atoms in total.